The first-order valence-corrected chi connectivity index (χ1v) is 6.87. The van der Waals surface area contributed by atoms with Crippen LogP contribution in [0.2, 0.25) is 0 Å². The van der Waals surface area contributed by atoms with Gasteiger partial charge >= 0.3 is 5.97 Å². The van der Waals surface area contributed by atoms with Gasteiger partial charge < -0.3 is 14.8 Å². The van der Waals surface area contributed by atoms with Crippen LogP contribution in [0.25, 0.3) is 0 Å². The van der Waals surface area contributed by atoms with Gasteiger partial charge in [-0.3, -0.25) is 4.79 Å². The third-order valence-electron chi connectivity index (χ3n) is 3.02. The summed E-state index contributed by atoms with van der Waals surface area (Å²) in [6, 6.07) is 10.4. The first-order valence-electron chi connectivity index (χ1n) is 6.87. The van der Waals surface area contributed by atoms with Gasteiger partial charge in [0.2, 0.25) is 0 Å². The molecule has 5 nitrogen and oxygen atoms in total. The van der Waals surface area contributed by atoms with Crippen molar-refractivity contribution in [2.75, 3.05) is 19.0 Å². The maximum atomic E-state index is 13.0. The van der Waals surface area contributed by atoms with Crippen LogP contribution in [0, 0.1) is 12.7 Å². The molecule has 2 rings (SSSR count). The lowest BCUT2D eigenvalue weighted by molar-refractivity contribution is -0.119. The summed E-state index contributed by atoms with van der Waals surface area (Å²) in [4.78, 5) is 23.6. The predicted molar refractivity (Wildman–Crippen MR) is 83.0 cm³/mol. The topological polar surface area (TPSA) is 64.6 Å². The van der Waals surface area contributed by atoms with E-state index < -0.39 is 24.3 Å². The summed E-state index contributed by atoms with van der Waals surface area (Å²) in [6.07, 6.45) is 0. The SMILES string of the molecule is COc1ccc(C)cc1NC(=O)COC(=O)c1cccc(F)c1. The smallest absolute Gasteiger partial charge is 0.338 e. The highest BCUT2D eigenvalue weighted by atomic mass is 19.1. The normalized spacial score (nSPS) is 10.0. The second kappa shape index (κ2) is 7.40. The molecule has 0 aliphatic carbocycles. The van der Waals surface area contributed by atoms with Crippen LogP contribution in [0.3, 0.4) is 0 Å². The summed E-state index contributed by atoms with van der Waals surface area (Å²) < 4.78 is 23.0. The number of esters is 1. The maximum absolute atomic E-state index is 13.0. The summed E-state index contributed by atoms with van der Waals surface area (Å²) in [7, 11) is 1.49. The van der Waals surface area contributed by atoms with Gasteiger partial charge in [-0.05, 0) is 42.8 Å². The minimum absolute atomic E-state index is 0.0472. The van der Waals surface area contributed by atoms with Gasteiger partial charge in [-0.15, -0.1) is 0 Å². The molecule has 0 heterocycles. The third kappa shape index (κ3) is 4.54. The number of amides is 1. The van der Waals surface area contributed by atoms with Gasteiger partial charge in [-0.1, -0.05) is 12.1 Å². The Morgan fingerprint density at radius 2 is 1.96 bits per heavy atom. The lowest BCUT2D eigenvalue weighted by Gasteiger charge is -2.11. The van der Waals surface area contributed by atoms with Crippen LogP contribution in [0.15, 0.2) is 42.5 Å². The van der Waals surface area contributed by atoms with Crippen LogP contribution >= 0.6 is 0 Å². The first kappa shape index (κ1) is 16.5. The van der Waals surface area contributed by atoms with E-state index in [1.165, 1.54) is 25.3 Å². The minimum Gasteiger partial charge on any atom is -0.495 e. The fourth-order valence-electron chi connectivity index (χ4n) is 1.94. The molecule has 0 atom stereocenters. The van der Waals surface area contributed by atoms with Gasteiger partial charge in [0, 0.05) is 0 Å². The van der Waals surface area contributed by atoms with Gasteiger partial charge in [0.25, 0.3) is 5.91 Å². The van der Waals surface area contributed by atoms with Gasteiger partial charge in [0.1, 0.15) is 11.6 Å². The number of carbonyl (C=O) groups excluding carboxylic acids is 2. The zero-order chi connectivity index (χ0) is 16.8. The fourth-order valence-corrected chi connectivity index (χ4v) is 1.94. The van der Waals surface area contributed by atoms with Crippen molar-refractivity contribution in [2.24, 2.45) is 0 Å². The average Bonchev–Trinajstić information content (AvgIpc) is 2.53. The molecule has 0 saturated carbocycles. The summed E-state index contributed by atoms with van der Waals surface area (Å²) in [5.41, 5.74) is 1.48. The van der Waals surface area contributed by atoms with E-state index in [9.17, 15) is 14.0 Å². The van der Waals surface area contributed by atoms with Gasteiger partial charge in [-0.2, -0.15) is 0 Å². The molecule has 2 aromatic carbocycles. The van der Waals surface area contributed by atoms with E-state index in [1.54, 1.807) is 12.1 Å². The minimum atomic E-state index is -0.768. The highest BCUT2D eigenvalue weighted by molar-refractivity contribution is 5.96. The molecule has 6 heteroatoms. The zero-order valence-electron chi connectivity index (χ0n) is 12.8. The fraction of sp³-hybridized carbons (Fsp3) is 0.176. The van der Waals surface area contributed by atoms with E-state index in [0.717, 1.165) is 11.6 Å². The number of hydrogen-bond donors (Lipinski definition) is 1. The Kier molecular flexibility index (Phi) is 5.30. The first-order chi connectivity index (χ1) is 11.0. The molecule has 0 aliphatic heterocycles. The van der Waals surface area contributed by atoms with E-state index in [-0.39, 0.29) is 5.56 Å². The number of aryl methyl sites for hydroxylation is 1. The summed E-state index contributed by atoms with van der Waals surface area (Å²) in [5.74, 6) is -1.33. The van der Waals surface area contributed by atoms with Gasteiger partial charge in [0.15, 0.2) is 6.61 Å². The van der Waals surface area contributed by atoms with Crippen molar-refractivity contribution in [3.05, 3.63) is 59.4 Å². The molecule has 1 N–H and O–H groups in total. The lowest BCUT2D eigenvalue weighted by atomic mass is 10.2. The molecule has 0 aliphatic rings. The molecule has 0 bridgehead atoms. The summed E-state index contributed by atoms with van der Waals surface area (Å²) in [5, 5.41) is 2.61. The Hall–Kier alpha value is -2.89. The van der Waals surface area contributed by atoms with E-state index >= 15 is 0 Å². The molecule has 0 fully saturated rings. The highest BCUT2D eigenvalue weighted by Gasteiger charge is 2.12. The van der Waals surface area contributed by atoms with Crippen LogP contribution < -0.4 is 10.1 Å². The second-order valence-corrected chi connectivity index (χ2v) is 4.84. The molecule has 0 unspecified atom stereocenters. The monoisotopic (exact) mass is 317 g/mol. The predicted octanol–water partition coefficient (Wildman–Crippen LogP) is 2.94. The number of anilines is 1. The summed E-state index contributed by atoms with van der Waals surface area (Å²) >= 11 is 0. The van der Waals surface area contributed by atoms with Crippen LogP contribution in [0.5, 0.6) is 5.75 Å². The van der Waals surface area contributed by atoms with E-state index in [1.807, 2.05) is 13.0 Å². The van der Waals surface area contributed by atoms with Crippen molar-refractivity contribution in [1.29, 1.82) is 0 Å². The Morgan fingerprint density at radius 3 is 2.65 bits per heavy atom. The van der Waals surface area contributed by atoms with Crippen LogP contribution in [0.1, 0.15) is 15.9 Å². The largest absolute Gasteiger partial charge is 0.495 e. The third-order valence-corrected chi connectivity index (χ3v) is 3.02. The molecule has 0 spiro atoms. The van der Waals surface area contributed by atoms with Crippen molar-refractivity contribution in [3.63, 3.8) is 0 Å². The maximum Gasteiger partial charge on any atom is 0.338 e. The Balaban J connectivity index is 1.95. The van der Waals surface area contributed by atoms with Crippen molar-refractivity contribution in [3.8, 4) is 5.75 Å². The van der Waals surface area contributed by atoms with Crippen molar-refractivity contribution in [1.82, 2.24) is 0 Å². The molecule has 2 aromatic rings. The number of carbonyl (C=O) groups is 2. The molecular formula is C17H16FNO4. The van der Waals surface area contributed by atoms with Crippen LogP contribution in [-0.2, 0) is 9.53 Å². The zero-order valence-corrected chi connectivity index (χ0v) is 12.8. The Morgan fingerprint density at radius 1 is 1.17 bits per heavy atom. The number of methoxy groups -OCH3 is 1. The quantitative estimate of drug-likeness (QED) is 0.861. The van der Waals surface area contributed by atoms with Crippen molar-refractivity contribution >= 4 is 17.6 Å². The van der Waals surface area contributed by atoms with E-state index in [4.69, 9.17) is 9.47 Å². The molecule has 120 valence electrons. The van der Waals surface area contributed by atoms with Gasteiger partial charge in [-0.25, -0.2) is 9.18 Å². The molecule has 0 radical (unpaired) electrons. The van der Waals surface area contributed by atoms with Gasteiger partial charge in [0.05, 0.1) is 18.4 Å². The molecule has 0 aromatic heterocycles. The molecule has 23 heavy (non-hydrogen) atoms. The Labute approximate surface area is 133 Å². The molecule has 1 amide bonds. The molecule has 0 saturated heterocycles. The van der Waals surface area contributed by atoms with Crippen molar-refractivity contribution < 1.29 is 23.5 Å². The number of ether oxygens (including phenoxy) is 2. The summed E-state index contributed by atoms with van der Waals surface area (Å²) in [6.45, 7) is 1.39. The number of nitrogens with one attached hydrogen (secondary N) is 1. The van der Waals surface area contributed by atoms with E-state index in [0.29, 0.717) is 11.4 Å². The standard InChI is InChI=1S/C17H16FNO4/c1-11-6-7-15(22-2)14(8-11)19-16(20)10-23-17(21)12-4-3-5-13(18)9-12/h3-9H,10H2,1-2H3,(H,19,20). The Bertz CT molecular complexity index is 730. The van der Waals surface area contributed by atoms with Crippen LogP contribution in [0.4, 0.5) is 10.1 Å². The second-order valence-electron chi connectivity index (χ2n) is 4.84. The number of benzene rings is 2. The highest BCUT2D eigenvalue weighted by Crippen LogP contribution is 2.25. The van der Waals surface area contributed by atoms with E-state index in [2.05, 4.69) is 5.32 Å². The average molecular weight is 317 g/mol. The van der Waals surface area contributed by atoms with Crippen LogP contribution in [-0.4, -0.2) is 25.6 Å². The van der Waals surface area contributed by atoms with Crippen molar-refractivity contribution in [2.45, 2.75) is 6.92 Å². The molecular weight excluding hydrogens is 301 g/mol. The number of rotatable bonds is 5. The number of hydrogen-bond acceptors (Lipinski definition) is 4. The lowest BCUT2D eigenvalue weighted by Crippen LogP contribution is -2.21. The number of halogens is 1.